The SMILES string of the molecule is BC(B)(B)c1cnc(C(B)(B)NC(B)(B)C2(F)C(B)(B)C(B)(B)N(C(=O)c3ccc(F)c(Cl)c3)C(B)(B)C2(B)B)nc1. The summed E-state index contributed by atoms with van der Waals surface area (Å²) in [4.78, 5) is 25.4. The lowest BCUT2D eigenvalue weighted by Gasteiger charge is -2.77. The molecule has 3 rings (SSSR count). The van der Waals surface area contributed by atoms with E-state index in [-0.39, 0.29) is 21.6 Å². The number of carbonyl (C=O) groups is 1. The molecule has 23 heteroatoms. The summed E-state index contributed by atoms with van der Waals surface area (Å²) in [5, 5.41) is -2.67. The molecular weight excluding hydrogens is 536 g/mol. The van der Waals surface area contributed by atoms with Gasteiger partial charge in [0.25, 0.3) is 5.91 Å². The average Bonchev–Trinajstić information content (AvgIpc) is 2.82. The number of piperidine rings is 1. The minimum atomic E-state index is -1.89. The summed E-state index contributed by atoms with van der Waals surface area (Å²) in [5.74, 6) is -0.350. The number of benzene rings is 1. The minimum Gasteiger partial charge on any atom is -0.361 e. The molecule has 1 aliphatic heterocycles. The van der Waals surface area contributed by atoms with Crippen LogP contribution in [-0.4, -0.2) is 160 Å². The van der Waals surface area contributed by atoms with E-state index < -0.39 is 43.3 Å². The Morgan fingerprint density at radius 2 is 1.31 bits per heavy atom. The average molecular weight is 572 g/mol. The van der Waals surface area contributed by atoms with Crippen molar-refractivity contribution in [2.75, 3.05) is 0 Å². The van der Waals surface area contributed by atoms with Gasteiger partial charge in [0.2, 0.25) is 0 Å². The maximum Gasteiger partial charge on any atom is 0.252 e. The van der Waals surface area contributed by atoms with E-state index in [1.54, 1.807) is 4.90 Å². The molecule has 0 unspecified atom stereocenters. The van der Waals surface area contributed by atoms with Crippen LogP contribution in [0.5, 0.6) is 0 Å². The molecular formula is C19H36B15ClF2N4O. The van der Waals surface area contributed by atoms with Crippen LogP contribution in [0.1, 0.15) is 21.7 Å². The monoisotopic (exact) mass is 574 g/mol. The highest BCUT2D eigenvalue weighted by atomic mass is 35.5. The highest BCUT2D eigenvalue weighted by Gasteiger charge is 2.75. The Morgan fingerprint density at radius 1 is 0.857 bits per heavy atom. The molecule has 1 amide bonds. The van der Waals surface area contributed by atoms with Crippen molar-refractivity contribution in [2.45, 2.75) is 42.6 Å². The minimum absolute atomic E-state index is 0.0891. The number of nitrogens with zero attached hydrogens (tertiary/aromatic N) is 3. The lowest BCUT2D eigenvalue weighted by Crippen LogP contribution is -2.90. The molecule has 204 valence electrons. The van der Waals surface area contributed by atoms with Crippen LogP contribution in [0.3, 0.4) is 0 Å². The molecule has 0 spiro atoms. The molecule has 0 bridgehead atoms. The molecule has 42 heavy (non-hydrogen) atoms. The number of aromatic nitrogens is 2. The molecule has 1 aliphatic rings. The molecule has 5 nitrogen and oxygen atoms in total. The first-order valence-corrected chi connectivity index (χ1v) is 15.1. The van der Waals surface area contributed by atoms with Crippen molar-refractivity contribution in [3.63, 3.8) is 0 Å². The van der Waals surface area contributed by atoms with Gasteiger partial charge in [0.1, 0.15) is 106 Å². The number of halogens is 3. The van der Waals surface area contributed by atoms with Crippen LogP contribution in [0.15, 0.2) is 30.6 Å². The normalized spacial score (nSPS) is 20.9. The molecule has 1 saturated heterocycles. The molecule has 1 N–H and O–H groups in total. The van der Waals surface area contributed by atoms with Crippen molar-refractivity contribution in [1.29, 1.82) is 0 Å². The number of alkyl halides is 1. The number of hydrogen-bond donors (Lipinski definition) is 1. The highest BCUT2D eigenvalue weighted by molar-refractivity contribution is 6.64. The Kier molecular flexibility index (Phi) is 8.80. The van der Waals surface area contributed by atoms with Crippen molar-refractivity contribution in [3.05, 3.63) is 58.4 Å². The second kappa shape index (κ2) is 10.5. The third-order valence-corrected chi connectivity index (χ3v) is 11.1. The van der Waals surface area contributed by atoms with Gasteiger partial charge >= 0.3 is 0 Å². The zero-order chi connectivity index (χ0) is 32.7. The summed E-state index contributed by atoms with van der Waals surface area (Å²) in [6, 6.07) is 3.98. The first kappa shape index (κ1) is 35.3. The van der Waals surface area contributed by atoms with Crippen LogP contribution >= 0.6 is 11.6 Å². The first-order valence-electron chi connectivity index (χ1n) is 14.7. The van der Waals surface area contributed by atoms with E-state index in [9.17, 15) is 9.18 Å². The van der Waals surface area contributed by atoms with Crippen LogP contribution in [0.25, 0.3) is 0 Å². The molecule has 1 aromatic heterocycles. The van der Waals surface area contributed by atoms with Crippen LogP contribution in [0, 0.1) is 5.82 Å². The van der Waals surface area contributed by atoms with Gasteiger partial charge in [-0.25, -0.2) is 18.7 Å². The smallest absolute Gasteiger partial charge is 0.252 e. The first-order chi connectivity index (χ1) is 18.6. The highest BCUT2D eigenvalue weighted by Crippen LogP contribution is 2.67. The largest absolute Gasteiger partial charge is 0.361 e. The standard InChI is InChI=1S/C19H36B15ClF2N4O/c20-12(21,22)7-4-38-11(39-5-7)13(23,24)40-17(29,30)14(37)15(25,26)18(31,32)41(19(33,34)16(14,27)28)10(42)6-1-2-9(36)8(35)3-6/h1-5,40H,20-34H2. The Balaban J connectivity index is 2.16. The number of likely N-dealkylation sites (tertiary alicyclic amines) is 1. The van der Waals surface area contributed by atoms with Crippen LogP contribution < -0.4 is 5.32 Å². The number of rotatable bonds is 6. The molecule has 1 aromatic carbocycles. The molecule has 0 saturated carbocycles. The molecule has 0 aliphatic carbocycles. The fraction of sp³-hybridized carbons (Fsp3) is 0.421. The van der Waals surface area contributed by atoms with E-state index >= 15 is 4.39 Å². The van der Waals surface area contributed by atoms with Gasteiger partial charge < -0.3 is 10.2 Å². The predicted molar refractivity (Wildman–Crippen MR) is 212 cm³/mol. The third kappa shape index (κ3) is 5.06. The Bertz CT molecular complexity index is 1360. The van der Waals surface area contributed by atoms with E-state index in [0.29, 0.717) is 5.82 Å². The second-order valence-corrected chi connectivity index (χ2v) is 16.6. The zero-order valence-corrected chi connectivity index (χ0v) is 29.0. The van der Waals surface area contributed by atoms with Gasteiger partial charge in [-0.05, 0) is 50.2 Å². The Hall–Kier alpha value is -1.15. The van der Waals surface area contributed by atoms with Crippen molar-refractivity contribution < 1.29 is 13.6 Å². The molecule has 1 fully saturated rings. The van der Waals surface area contributed by atoms with E-state index in [0.717, 1.165) is 5.56 Å². The van der Waals surface area contributed by atoms with Gasteiger partial charge in [0.05, 0.1) is 34.2 Å². The summed E-state index contributed by atoms with van der Waals surface area (Å²) in [6.07, 6.45) is 3.69. The number of hydrogen-bond acceptors (Lipinski definition) is 4. The summed E-state index contributed by atoms with van der Waals surface area (Å²) in [7, 11) is 29.3. The van der Waals surface area contributed by atoms with Gasteiger partial charge in [-0.2, -0.15) is 0 Å². The molecule has 2 heterocycles. The zero-order valence-electron chi connectivity index (χ0n) is 28.3. The van der Waals surface area contributed by atoms with Crippen LogP contribution in [0.4, 0.5) is 8.78 Å². The number of nitrogens with one attached hydrogen (secondary N) is 1. The number of amides is 1. The van der Waals surface area contributed by atoms with Gasteiger partial charge in [0.15, 0.2) is 0 Å². The summed E-state index contributed by atoms with van der Waals surface area (Å²) >= 11 is 6.07. The maximum atomic E-state index is 18.8. The summed E-state index contributed by atoms with van der Waals surface area (Å²) < 4.78 is 32.8. The fourth-order valence-corrected chi connectivity index (χ4v) is 7.85. The summed E-state index contributed by atoms with van der Waals surface area (Å²) in [5.41, 5.74) is -0.608. The van der Waals surface area contributed by atoms with E-state index in [1.165, 1.54) is 18.2 Å². The van der Waals surface area contributed by atoms with Gasteiger partial charge in [-0.15, -0.1) is 0 Å². The van der Waals surface area contributed by atoms with Crippen molar-refractivity contribution in [1.82, 2.24) is 20.2 Å². The van der Waals surface area contributed by atoms with Gasteiger partial charge in [-0.1, -0.05) is 16.7 Å². The third-order valence-electron chi connectivity index (χ3n) is 10.8. The van der Waals surface area contributed by atoms with Crippen LogP contribution in [-0.2, 0) is 10.5 Å². The van der Waals surface area contributed by atoms with E-state index in [1.807, 2.05) is 107 Å². The number of carbonyl (C=O) groups excluding carboxylic acids is 1. The van der Waals surface area contributed by atoms with Crippen molar-refractivity contribution in [3.8, 4) is 0 Å². The topological polar surface area (TPSA) is 58.1 Å². The molecule has 0 atom stereocenters. The second-order valence-electron chi connectivity index (χ2n) is 16.2. The van der Waals surface area contributed by atoms with Gasteiger partial charge in [0, 0.05) is 23.3 Å². The molecule has 0 radical (unpaired) electrons. The maximum absolute atomic E-state index is 18.8. The van der Waals surface area contributed by atoms with Crippen LogP contribution in [0.2, 0.25) is 15.5 Å². The quantitative estimate of drug-likeness (QED) is 0.350. The van der Waals surface area contributed by atoms with E-state index in [4.69, 9.17) is 21.6 Å². The van der Waals surface area contributed by atoms with E-state index in [2.05, 4.69) is 28.9 Å². The van der Waals surface area contributed by atoms with Gasteiger partial charge in [-0.3, -0.25) is 4.79 Å². The van der Waals surface area contributed by atoms with Crippen molar-refractivity contribution >= 4 is 135 Å². The summed E-state index contributed by atoms with van der Waals surface area (Å²) in [6.45, 7) is 0. The molecule has 2 aromatic rings. The fourth-order valence-electron chi connectivity index (χ4n) is 7.67. The van der Waals surface area contributed by atoms with Crippen molar-refractivity contribution in [2.24, 2.45) is 0 Å². The predicted octanol–water partition coefficient (Wildman–Crippen LogP) is -12.4. The Labute approximate surface area is 269 Å². The lowest BCUT2D eigenvalue weighted by molar-refractivity contribution is -0.0360. The Morgan fingerprint density at radius 3 is 1.71 bits per heavy atom. The lowest BCUT2D eigenvalue weighted by atomic mass is 9.11.